The lowest BCUT2D eigenvalue weighted by Crippen LogP contribution is -2.21. The third-order valence-corrected chi connectivity index (χ3v) is 3.09. The van der Waals surface area contributed by atoms with Crippen molar-refractivity contribution in [2.24, 2.45) is 11.7 Å². The van der Waals surface area contributed by atoms with Gasteiger partial charge in [-0.1, -0.05) is 6.92 Å². The van der Waals surface area contributed by atoms with Gasteiger partial charge in [-0.2, -0.15) is 13.2 Å². The lowest BCUT2D eigenvalue weighted by atomic mass is 10.2. The molecule has 80 valence electrons. The van der Waals surface area contributed by atoms with Crippen LogP contribution in [0.1, 0.15) is 13.3 Å². The number of hydrogen-bond acceptors (Lipinski definition) is 2. The second-order valence-electron chi connectivity index (χ2n) is 3.02. The van der Waals surface area contributed by atoms with E-state index in [1.54, 1.807) is 6.92 Å². The van der Waals surface area contributed by atoms with Crippen LogP contribution in [-0.2, 0) is 10.8 Å². The first kappa shape index (κ1) is 12.9. The summed E-state index contributed by atoms with van der Waals surface area (Å²) in [5, 5.41) is 0. The molecular weight excluding hydrogens is 203 g/mol. The van der Waals surface area contributed by atoms with Crippen molar-refractivity contribution >= 4 is 10.8 Å². The van der Waals surface area contributed by atoms with Crippen molar-refractivity contribution in [1.29, 1.82) is 0 Å². The average Bonchev–Trinajstić information content (AvgIpc) is 1.99. The molecule has 2 N–H and O–H groups in total. The summed E-state index contributed by atoms with van der Waals surface area (Å²) in [7, 11) is -1.40. The molecule has 0 aliphatic rings. The van der Waals surface area contributed by atoms with E-state index in [1.807, 2.05) is 0 Å². The topological polar surface area (TPSA) is 43.1 Å². The molecule has 0 saturated carbocycles. The van der Waals surface area contributed by atoms with Crippen LogP contribution in [0, 0.1) is 5.92 Å². The van der Waals surface area contributed by atoms with Gasteiger partial charge in [0.2, 0.25) is 0 Å². The van der Waals surface area contributed by atoms with Crippen LogP contribution >= 0.6 is 0 Å². The quantitative estimate of drug-likeness (QED) is 0.754. The normalized spacial score (nSPS) is 17.0. The summed E-state index contributed by atoms with van der Waals surface area (Å²) >= 11 is 0. The van der Waals surface area contributed by atoms with E-state index in [4.69, 9.17) is 5.73 Å². The molecule has 0 radical (unpaired) electrons. The first-order chi connectivity index (χ1) is 5.85. The summed E-state index contributed by atoms with van der Waals surface area (Å²) < 4.78 is 46.0. The Kier molecular flexibility index (Phi) is 5.55. The molecule has 0 aromatic rings. The maximum absolute atomic E-state index is 11.7. The second-order valence-corrected chi connectivity index (χ2v) is 4.64. The van der Waals surface area contributed by atoms with Gasteiger partial charge in [0, 0.05) is 22.3 Å². The molecule has 2 nitrogen and oxygen atoms in total. The Balaban J connectivity index is 3.64. The van der Waals surface area contributed by atoms with Crippen LogP contribution in [0.3, 0.4) is 0 Å². The van der Waals surface area contributed by atoms with E-state index in [2.05, 4.69) is 0 Å². The lowest BCUT2D eigenvalue weighted by molar-refractivity contribution is -0.129. The van der Waals surface area contributed by atoms with Gasteiger partial charge in [-0.05, 0) is 12.5 Å². The first-order valence-electron chi connectivity index (χ1n) is 3.97. The van der Waals surface area contributed by atoms with Crippen molar-refractivity contribution in [2.45, 2.75) is 19.5 Å². The van der Waals surface area contributed by atoms with Crippen LogP contribution in [0.15, 0.2) is 0 Å². The van der Waals surface area contributed by atoms with Gasteiger partial charge in [0.15, 0.2) is 0 Å². The zero-order chi connectivity index (χ0) is 10.5. The standard InChI is InChI=1S/C7H14F3NOS/c1-6(4-11)5-13(12)3-2-7(8,9)10/h6H,2-5,11H2,1H3. The first-order valence-corrected chi connectivity index (χ1v) is 5.45. The van der Waals surface area contributed by atoms with Crippen LogP contribution in [0.25, 0.3) is 0 Å². The van der Waals surface area contributed by atoms with Crippen LogP contribution in [0.5, 0.6) is 0 Å². The van der Waals surface area contributed by atoms with E-state index in [0.717, 1.165) is 0 Å². The van der Waals surface area contributed by atoms with E-state index in [0.29, 0.717) is 6.54 Å². The highest BCUT2D eigenvalue weighted by Crippen LogP contribution is 2.19. The molecule has 0 aromatic heterocycles. The highest BCUT2D eigenvalue weighted by molar-refractivity contribution is 7.84. The van der Waals surface area contributed by atoms with Crippen molar-refractivity contribution in [3.8, 4) is 0 Å². The summed E-state index contributed by atoms with van der Waals surface area (Å²) in [6.07, 6.45) is -5.18. The summed E-state index contributed by atoms with van der Waals surface area (Å²) in [5.41, 5.74) is 5.25. The average molecular weight is 217 g/mol. The molecule has 0 saturated heterocycles. The maximum atomic E-state index is 11.7. The molecule has 2 atom stereocenters. The Bertz CT molecular complexity index is 172. The molecule has 0 bridgehead atoms. The second kappa shape index (κ2) is 5.59. The molecule has 0 aliphatic heterocycles. The zero-order valence-electron chi connectivity index (χ0n) is 7.43. The van der Waals surface area contributed by atoms with Gasteiger partial charge in [-0.3, -0.25) is 4.21 Å². The largest absolute Gasteiger partial charge is 0.390 e. The highest BCUT2D eigenvalue weighted by Gasteiger charge is 2.27. The monoisotopic (exact) mass is 217 g/mol. The minimum Gasteiger partial charge on any atom is -0.330 e. The molecule has 13 heavy (non-hydrogen) atoms. The summed E-state index contributed by atoms with van der Waals surface area (Å²) in [6.45, 7) is 2.13. The Hall–Kier alpha value is -0.100. The Morgan fingerprint density at radius 1 is 1.46 bits per heavy atom. The molecule has 2 unspecified atom stereocenters. The predicted octanol–water partition coefficient (Wildman–Crippen LogP) is 1.28. The number of alkyl halides is 3. The number of nitrogens with two attached hydrogens (primary N) is 1. The number of hydrogen-bond donors (Lipinski definition) is 1. The van der Waals surface area contributed by atoms with E-state index in [9.17, 15) is 17.4 Å². The van der Waals surface area contributed by atoms with E-state index in [-0.39, 0.29) is 17.4 Å². The van der Waals surface area contributed by atoms with Gasteiger partial charge in [0.1, 0.15) is 0 Å². The Morgan fingerprint density at radius 2 is 2.00 bits per heavy atom. The molecule has 6 heteroatoms. The summed E-state index contributed by atoms with van der Waals surface area (Å²) in [6, 6.07) is 0. The zero-order valence-corrected chi connectivity index (χ0v) is 8.25. The third-order valence-electron chi connectivity index (χ3n) is 1.49. The highest BCUT2D eigenvalue weighted by atomic mass is 32.2. The van der Waals surface area contributed by atoms with Crippen molar-refractivity contribution in [3.63, 3.8) is 0 Å². The SMILES string of the molecule is CC(CN)CS(=O)CCC(F)(F)F. The molecule has 0 aromatic carbocycles. The summed E-state index contributed by atoms with van der Waals surface area (Å²) in [4.78, 5) is 0. The molecule has 0 amide bonds. The van der Waals surface area contributed by atoms with Gasteiger partial charge in [0.25, 0.3) is 0 Å². The lowest BCUT2D eigenvalue weighted by Gasteiger charge is -2.09. The fourth-order valence-corrected chi connectivity index (χ4v) is 2.09. The smallest absolute Gasteiger partial charge is 0.330 e. The minimum absolute atomic E-state index is 0.0223. The fourth-order valence-electron chi connectivity index (χ4n) is 0.698. The van der Waals surface area contributed by atoms with Gasteiger partial charge < -0.3 is 5.73 Å². The van der Waals surface area contributed by atoms with E-state index in [1.165, 1.54) is 0 Å². The maximum Gasteiger partial charge on any atom is 0.390 e. The van der Waals surface area contributed by atoms with Crippen molar-refractivity contribution in [2.75, 3.05) is 18.1 Å². The van der Waals surface area contributed by atoms with Crippen molar-refractivity contribution < 1.29 is 17.4 Å². The molecular formula is C7H14F3NOS. The van der Waals surface area contributed by atoms with Crippen molar-refractivity contribution in [3.05, 3.63) is 0 Å². The van der Waals surface area contributed by atoms with Gasteiger partial charge in [-0.15, -0.1) is 0 Å². The Morgan fingerprint density at radius 3 is 2.38 bits per heavy atom. The van der Waals surface area contributed by atoms with E-state index < -0.39 is 23.4 Å². The molecule has 0 spiro atoms. The van der Waals surface area contributed by atoms with E-state index >= 15 is 0 Å². The number of halogens is 3. The summed E-state index contributed by atoms with van der Waals surface area (Å²) in [5.74, 6) is -0.0329. The van der Waals surface area contributed by atoms with Crippen LogP contribution in [0.4, 0.5) is 13.2 Å². The number of rotatable bonds is 5. The third kappa shape index (κ3) is 8.24. The molecule has 0 fully saturated rings. The minimum atomic E-state index is -4.21. The van der Waals surface area contributed by atoms with Crippen LogP contribution in [0.2, 0.25) is 0 Å². The fraction of sp³-hybridized carbons (Fsp3) is 1.00. The van der Waals surface area contributed by atoms with Gasteiger partial charge in [-0.25, -0.2) is 0 Å². The predicted molar refractivity (Wildman–Crippen MR) is 46.8 cm³/mol. The van der Waals surface area contributed by atoms with Gasteiger partial charge >= 0.3 is 6.18 Å². The Labute approximate surface area is 78.1 Å². The van der Waals surface area contributed by atoms with Gasteiger partial charge in [0.05, 0.1) is 6.42 Å². The van der Waals surface area contributed by atoms with Crippen LogP contribution in [-0.4, -0.2) is 28.4 Å². The van der Waals surface area contributed by atoms with Crippen molar-refractivity contribution in [1.82, 2.24) is 0 Å². The molecule has 0 aliphatic carbocycles. The van der Waals surface area contributed by atoms with Crippen LogP contribution < -0.4 is 5.73 Å². The molecule has 0 heterocycles. The molecule has 0 rings (SSSR count).